The Hall–Kier alpha value is -1.49. The Morgan fingerprint density at radius 3 is 1.95 bits per heavy atom. The second-order valence-electron chi connectivity index (χ2n) is 3.89. The highest BCUT2D eigenvalue weighted by atomic mass is 32.2. The number of esters is 2. The summed E-state index contributed by atoms with van der Waals surface area (Å²) < 4.78 is 8.59. The van der Waals surface area contributed by atoms with Crippen LogP contribution in [-0.4, -0.2) is 29.9 Å². The Labute approximate surface area is 117 Å². The summed E-state index contributed by atoms with van der Waals surface area (Å²) in [4.78, 5) is 24.9. The topological polar surface area (TPSA) is 52.6 Å². The smallest absolute Gasteiger partial charge is 0.333 e. The Morgan fingerprint density at radius 2 is 1.53 bits per heavy atom. The summed E-state index contributed by atoms with van der Waals surface area (Å²) in [5, 5.41) is 0. The maximum atomic E-state index is 12.0. The van der Waals surface area contributed by atoms with Crippen molar-refractivity contribution in [3.8, 4) is 0 Å². The van der Waals surface area contributed by atoms with Crippen LogP contribution in [0.5, 0.6) is 0 Å². The molecule has 19 heavy (non-hydrogen) atoms. The lowest BCUT2D eigenvalue weighted by molar-refractivity contribution is -0.157. The average Bonchev–Trinajstić information content (AvgIpc) is 2.40. The SMILES string of the molecule is CCOC(=O)C(C)(Sc1ccccc1)C(=O)OCC. The molecular weight excluding hydrogens is 264 g/mol. The molecule has 0 saturated heterocycles. The van der Waals surface area contributed by atoms with Gasteiger partial charge in [-0.1, -0.05) is 30.0 Å². The normalized spacial score (nSPS) is 10.9. The van der Waals surface area contributed by atoms with Gasteiger partial charge in [-0.05, 0) is 32.9 Å². The van der Waals surface area contributed by atoms with E-state index in [9.17, 15) is 9.59 Å². The zero-order valence-corrected chi connectivity index (χ0v) is 12.2. The van der Waals surface area contributed by atoms with Gasteiger partial charge in [0.2, 0.25) is 4.75 Å². The van der Waals surface area contributed by atoms with Crippen molar-refractivity contribution in [1.82, 2.24) is 0 Å². The third-order valence-corrected chi connectivity index (χ3v) is 3.64. The minimum Gasteiger partial charge on any atom is -0.465 e. The highest BCUT2D eigenvalue weighted by Gasteiger charge is 2.45. The van der Waals surface area contributed by atoms with Gasteiger partial charge in [0.15, 0.2) is 0 Å². The van der Waals surface area contributed by atoms with Crippen molar-refractivity contribution in [2.24, 2.45) is 0 Å². The summed E-state index contributed by atoms with van der Waals surface area (Å²) in [6.07, 6.45) is 0. The first-order valence-electron chi connectivity index (χ1n) is 6.13. The van der Waals surface area contributed by atoms with E-state index < -0.39 is 16.7 Å². The van der Waals surface area contributed by atoms with Crippen LogP contribution in [0, 0.1) is 0 Å². The zero-order chi connectivity index (χ0) is 14.3. The predicted molar refractivity (Wildman–Crippen MR) is 74.0 cm³/mol. The molecule has 1 aromatic carbocycles. The molecule has 0 amide bonds. The lowest BCUT2D eigenvalue weighted by atomic mass is 10.2. The van der Waals surface area contributed by atoms with E-state index in [-0.39, 0.29) is 13.2 Å². The molecule has 0 aliphatic carbocycles. The Kier molecular flexibility index (Phi) is 5.89. The molecule has 0 saturated carbocycles. The predicted octanol–water partition coefficient (Wildman–Crippen LogP) is 2.66. The summed E-state index contributed by atoms with van der Waals surface area (Å²) in [7, 11) is 0. The second-order valence-corrected chi connectivity index (χ2v) is 5.38. The molecule has 0 radical (unpaired) electrons. The van der Waals surface area contributed by atoms with Crippen molar-refractivity contribution in [1.29, 1.82) is 0 Å². The number of ether oxygens (including phenoxy) is 2. The van der Waals surface area contributed by atoms with Gasteiger partial charge >= 0.3 is 11.9 Å². The van der Waals surface area contributed by atoms with Crippen LogP contribution in [0.3, 0.4) is 0 Å². The molecule has 1 aromatic rings. The lowest BCUT2D eigenvalue weighted by Crippen LogP contribution is -2.43. The van der Waals surface area contributed by atoms with E-state index in [2.05, 4.69) is 0 Å². The number of rotatable bonds is 6. The Morgan fingerprint density at radius 1 is 1.05 bits per heavy atom. The molecule has 4 nitrogen and oxygen atoms in total. The van der Waals surface area contributed by atoms with E-state index in [0.29, 0.717) is 0 Å². The summed E-state index contributed by atoms with van der Waals surface area (Å²) in [6, 6.07) is 9.23. The number of hydrogen-bond donors (Lipinski definition) is 0. The number of benzene rings is 1. The maximum absolute atomic E-state index is 12.0. The first-order chi connectivity index (χ1) is 9.04. The van der Waals surface area contributed by atoms with Crippen LogP contribution < -0.4 is 0 Å². The Balaban J connectivity index is 2.98. The van der Waals surface area contributed by atoms with Crippen molar-refractivity contribution in [3.05, 3.63) is 30.3 Å². The van der Waals surface area contributed by atoms with Gasteiger partial charge in [0, 0.05) is 4.90 Å². The average molecular weight is 282 g/mol. The number of carbonyl (C=O) groups excluding carboxylic acids is 2. The third-order valence-electron chi connectivity index (χ3n) is 2.40. The van der Waals surface area contributed by atoms with Crippen molar-refractivity contribution in [2.75, 3.05) is 13.2 Å². The molecule has 0 aromatic heterocycles. The first kappa shape index (κ1) is 15.6. The maximum Gasteiger partial charge on any atom is 0.333 e. The van der Waals surface area contributed by atoms with Crippen molar-refractivity contribution in [2.45, 2.75) is 30.4 Å². The molecule has 5 heteroatoms. The van der Waals surface area contributed by atoms with Gasteiger partial charge in [0.1, 0.15) is 0 Å². The molecule has 104 valence electrons. The van der Waals surface area contributed by atoms with Crippen molar-refractivity contribution >= 4 is 23.7 Å². The van der Waals surface area contributed by atoms with Gasteiger partial charge in [-0.25, -0.2) is 9.59 Å². The van der Waals surface area contributed by atoms with E-state index in [1.54, 1.807) is 13.8 Å². The van der Waals surface area contributed by atoms with Gasteiger partial charge in [-0.2, -0.15) is 0 Å². The molecule has 0 N–H and O–H groups in total. The van der Waals surface area contributed by atoms with Crippen LogP contribution in [0.25, 0.3) is 0 Å². The van der Waals surface area contributed by atoms with Crippen LogP contribution in [0.15, 0.2) is 35.2 Å². The number of thioether (sulfide) groups is 1. The fraction of sp³-hybridized carbons (Fsp3) is 0.429. The van der Waals surface area contributed by atoms with Gasteiger partial charge < -0.3 is 9.47 Å². The molecule has 0 aliphatic rings. The van der Waals surface area contributed by atoms with Crippen LogP contribution >= 0.6 is 11.8 Å². The van der Waals surface area contributed by atoms with Crippen molar-refractivity contribution < 1.29 is 19.1 Å². The molecular formula is C14H18O4S. The first-order valence-corrected chi connectivity index (χ1v) is 6.94. The quantitative estimate of drug-likeness (QED) is 0.456. The number of hydrogen-bond acceptors (Lipinski definition) is 5. The minimum absolute atomic E-state index is 0.225. The standard InChI is InChI=1S/C14H18O4S/c1-4-17-12(15)14(3,13(16)18-5-2)19-11-9-7-6-8-10-11/h6-10H,4-5H2,1-3H3. The highest BCUT2D eigenvalue weighted by Crippen LogP contribution is 2.35. The zero-order valence-electron chi connectivity index (χ0n) is 11.3. The van der Waals surface area contributed by atoms with Crippen LogP contribution in [-0.2, 0) is 19.1 Å². The molecule has 0 fully saturated rings. The summed E-state index contributed by atoms with van der Waals surface area (Å²) in [6.45, 7) is 5.39. The largest absolute Gasteiger partial charge is 0.465 e. The monoisotopic (exact) mass is 282 g/mol. The summed E-state index contributed by atoms with van der Waals surface area (Å²) in [5.41, 5.74) is 0. The third kappa shape index (κ3) is 3.99. The van der Waals surface area contributed by atoms with E-state index in [1.807, 2.05) is 30.3 Å². The number of carbonyl (C=O) groups is 2. The fourth-order valence-corrected chi connectivity index (χ4v) is 2.48. The Bertz CT molecular complexity index is 412. The highest BCUT2D eigenvalue weighted by molar-refractivity contribution is 8.02. The van der Waals surface area contributed by atoms with Gasteiger partial charge in [0.05, 0.1) is 13.2 Å². The molecule has 0 unspecified atom stereocenters. The van der Waals surface area contributed by atoms with Crippen molar-refractivity contribution in [3.63, 3.8) is 0 Å². The summed E-state index contributed by atoms with van der Waals surface area (Å²) in [5.74, 6) is -1.16. The molecule has 0 bridgehead atoms. The van der Waals surface area contributed by atoms with Crippen LogP contribution in [0.4, 0.5) is 0 Å². The van der Waals surface area contributed by atoms with Gasteiger partial charge in [-0.3, -0.25) is 0 Å². The molecule has 0 aliphatic heterocycles. The minimum atomic E-state index is -1.38. The van der Waals surface area contributed by atoms with Gasteiger partial charge in [-0.15, -0.1) is 0 Å². The van der Waals surface area contributed by atoms with Crippen LogP contribution in [0.1, 0.15) is 20.8 Å². The molecule has 0 heterocycles. The van der Waals surface area contributed by atoms with Gasteiger partial charge in [0.25, 0.3) is 0 Å². The summed E-state index contributed by atoms with van der Waals surface area (Å²) >= 11 is 1.14. The van der Waals surface area contributed by atoms with E-state index in [4.69, 9.17) is 9.47 Å². The molecule has 1 rings (SSSR count). The van der Waals surface area contributed by atoms with E-state index in [1.165, 1.54) is 6.92 Å². The molecule has 0 spiro atoms. The van der Waals surface area contributed by atoms with E-state index in [0.717, 1.165) is 16.7 Å². The second kappa shape index (κ2) is 7.19. The lowest BCUT2D eigenvalue weighted by Gasteiger charge is -2.24. The van der Waals surface area contributed by atoms with Crippen LogP contribution in [0.2, 0.25) is 0 Å². The molecule has 0 atom stereocenters. The van der Waals surface area contributed by atoms with E-state index >= 15 is 0 Å². The fourth-order valence-electron chi connectivity index (χ4n) is 1.43.